The van der Waals surface area contributed by atoms with E-state index in [1.807, 2.05) is 20.8 Å². The van der Waals surface area contributed by atoms with E-state index in [1.54, 1.807) is 0 Å². The van der Waals surface area contributed by atoms with Gasteiger partial charge in [-0.3, -0.25) is 0 Å². The predicted octanol–water partition coefficient (Wildman–Crippen LogP) is 1.24. The SMILES string of the molecule is CC(CNC(=O)OC(C)(C)C)NC1CCNCC1. The van der Waals surface area contributed by atoms with Gasteiger partial charge in [0, 0.05) is 18.6 Å². The van der Waals surface area contributed by atoms with Crippen LogP contribution in [0.2, 0.25) is 0 Å². The zero-order valence-electron chi connectivity index (χ0n) is 12.0. The molecule has 5 heteroatoms. The summed E-state index contributed by atoms with van der Waals surface area (Å²) >= 11 is 0. The molecule has 106 valence electrons. The largest absolute Gasteiger partial charge is 0.444 e. The number of amides is 1. The third-order valence-corrected chi connectivity index (χ3v) is 2.81. The predicted molar refractivity (Wildman–Crippen MR) is 72.7 cm³/mol. The summed E-state index contributed by atoms with van der Waals surface area (Å²) in [6.45, 7) is 10.4. The molecule has 0 aliphatic carbocycles. The van der Waals surface area contributed by atoms with Gasteiger partial charge in [-0.1, -0.05) is 0 Å². The molecule has 1 fully saturated rings. The van der Waals surface area contributed by atoms with Crippen molar-refractivity contribution in [2.24, 2.45) is 0 Å². The van der Waals surface area contributed by atoms with Crippen LogP contribution in [0, 0.1) is 0 Å². The van der Waals surface area contributed by atoms with Crippen molar-refractivity contribution in [2.45, 2.75) is 58.2 Å². The molecule has 1 aliphatic heterocycles. The van der Waals surface area contributed by atoms with Gasteiger partial charge in [-0.05, 0) is 53.6 Å². The van der Waals surface area contributed by atoms with Crippen LogP contribution < -0.4 is 16.0 Å². The molecule has 1 rings (SSSR count). The first-order valence-electron chi connectivity index (χ1n) is 6.80. The highest BCUT2D eigenvalue weighted by Crippen LogP contribution is 2.06. The molecule has 1 saturated heterocycles. The molecule has 0 radical (unpaired) electrons. The molecule has 0 aromatic heterocycles. The lowest BCUT2D eigenvalue weighted by Crippen LogP contribution is -2.48. The normalized spacial score (nSPS) is 19.3. The number of carbonyl (C=O) groups excluding carboxylic acids is 1. The average molecular weight is 257 g/mol. The lowest BCUT2D eigenvalue weighted by Gasteiger charge is -2.27. The monoisotopic (exact) mass is 257 g/mol. The maximum atomic E-state index is 11.5. The highest BCUT2D eigenvalue weighted by atomic mass is 16.6. The third-order valence-electron chi connectivity index (χ3n) is 2.81. The minimum Gasteiger partial charge on any atom is -0.444 e. The Bertz CT molecular complexity index is 257. The van der Waals surface area contributed by atoms with E-state index in [-0.39, 0.29) is 12.1 Å². The lowest BCUT2D eigenvalue weighted by molar-refractivity contribution is 0.0522. The summed E-state index contributed by atoms with van der Waals surface area (Å²) in [6, 6.07) is 0.822. The van der Waals surface area contributed by atoms with Crippen LogP contribution in [0.5, 0.6) is 0 Å². The highest BCUT2D eigenvalue weighted by molar-refractivity contribution is 5.67. The van der Waals surface area contributed by atoms with Crippen LogP contribution >= 0.6 is 0 Å². The minimum absolute atomic E-state index is 0.264. The van der Waals surface area contributed by atoms with Crippen LogP contribution in [0.15, 0.2) is 0 Å². The van der Waals surface area contributed by atoms with Crippen LogP contribution in [-0.2, 0) is 4.74 Å². The number of hydrogen-bond acceptors (Lipinski definition) is 4. The van der Waals surface area contributed by atoms with Crippen molar-refractivity contribution >= 4 is 6.09 Å². The smallest absolute Gasteiger partial charge is 0.407 e. The van der Waals surface area contributed by atoms with Crippen LogP contribution in [0.1, 0.15) is 40.5 Å². The Morgan fingerprint density at radius 2 is 2.00 bits per heavy atom. The van der Waals surface area contributed by atoms with Gasteiger partial charge in [0.25, 0.3) is 0 Å². The van der Waals surface area contributed by atoms with Gasteiger partial charge in [0.2, 0.25) is 0 Å². The number of ether oxygens (including phenoxy) is 1. The lowest BCUT2D eigenvalue weighted by atomic mass is 10.1. The Kier molecular flexibility index (Phi) is 5.88. The minimum atomic E-state index is -0.435. The number of piperidine rings is 1. The molecular weight excluding hydrogens is 230 g/mol. The van der Waals surface area contributed by atoms with Crippen molar-refractivity contribution in [1.82, 2.24) is 16.0 Å². The number of nitrogens with one attached hydrogen (secondary N) is 3. The molecule has 0 bridgehead atoms. The summed E-state index contributed by atoms with van der Waals surface area (Å²) in [5.41, 5.74) is -0.435. The van der Waals surface area contributed by atoms with Gasteiger partial charge < -0.3 is 20.7 Å². The van der Waals surface area contributed by atoms with E-state index in [0.29, 0.717) is 12.6 Å². The van der Waals surface area contributed by atoms with Gasteiger partial charge in [-0.2, -0.15) is 0 Å². The first-order valence-corrected chi connectivity index (χ1v) is 6.80. The highest BCUT2D eigenvalue weighted by Gasteiger charge is 2.18. The van der Waals surface area contributed by atoms with Crippen LogP contribution in [-0.4, -0.2) is 43.4 Å². The van der Waals surface area contributed by atoms with E-state index in [9.17, 15) is 4.79 Å². The van der Waals surface area contributed by atoms with Gasteiger partial charge in [-0.25, -0.2) is 4.79 Å². The zero-order chi connectivity index (χ0) is 13.6. The van der Waals surface area contributed by atoms with Gasteiger partial charge in [0.05, 0.1) is 0 Å². The second-order valence-corrected chi connectivity index (χ2v) is 5.97. The second kappa shape index (κ2) is 6.95. The summed E-state index contributed by atoms with van der Waals surface area (Å²) in [6.07, 6.45) is 1.95. The van der Waals surface area contributed by atoms with Crippen molar-refractivity contribution < 1.29 is 9.53 Å². The van der Waals surface area contributed by atoms with Crippen LogP contribution in [0.3, 0.4) is 0 Å². The number of rotatable bonds is 4. The molecule has 1 unspecified atom stereocenters. The van der Waals surface area contributed by atoms with Gasteiger partial charge in [-0.15, -0.1) is 0 Å². The van der Waals surface area contributed by atoms with E-state index in [2.05, 4.69) is 22.9 Å². The Morgan fingerprint density at radius 1 is 1.39 bits per heavy atom. The Hall–Kier alpha value is -0.810. The fraction of sp³-hybridized carbons (Fsp3) is 0.923. The van der Waals surface area contributed by atoms with Crippen molar-refractivity contribution in [2.75, 3.05) is 19.6 Å². The van der Waals surface area contributed by atoms with Crippen molar-refractivity contribution in [3.8, 4) is 0 Å². The fourth-order valence-corrected chi connectivity index (χ4v) is 2.00. The van der Waals surface area contributed by atoms with Crippen molar-refractivity contribution in [1.29, 1.82) is 0 Å². The summed E-state index contributed by atoms with van der Waals surface area (Å²) in [4.78, 5) is 11.5. The Morgan fingerprint density at radius 3 is 2.56 bits per heavy atom. The van der Waals surface area contributed by atoms with Gasteiger partial charge in [0.15, 0.2) is 0 Å². The van der Waals surface area contributed by atoms with E-state index in [4.69, 9.17) is 4.74 Å². The van der Waals surface area contributed by atoms with E-state index in [0.717, 1.165) is 25.9 Å². The standard InChI is InChI=1S/C13H27N3O2/c1-10(16-11-5-7-14-8-6-11)9-15-12(17)18-13(2,3)4/h10-11,14,16H,5-9H2,1-4H3,(H,15,17). The van der Waals surface area contributed by atoms with Gasteiger partial charge >= 0.3 is 6.09 Å². The van der Waals surface area contributed by atoms with E-state index < -0.39 is 5.60 Å². The zero-order valence-corrected chi connectivity index (χ0v) is 12.0. The molecule has 0 saturated carbocycles. The Labute approximate surface area is 110 Å². The summed E-state index contributed by atoms with van der Waals surface area (Å²) in [5.74, 6) is 0. The maximum absolute atomic E-state index is 11.5. The average Bonchev–Trinajstić information content (AvgIpc) is 2.25. The summed E-state index contributed by atoms with van der Waals surface area (Å²) in [5, 5.41) is 9.65. The molecule has 1 atom stereocenters. The second-order valence-electron chi connectivity index (χ2n) is 5.97. The first kappa shape index (κ1) is 15.2. The molecule has 0 aromatic rings. The summed E-state index contributed by atoms with van der Waals surface area (Å²) < 4.78 is 5.19. The molecule has 0 spiro atoms. The van der Waals surface area contributed by atoms with Crippen LogP contribution in [0.4, 0.5) is 4.79 Å². The topological polar surface area (TPSA) is 62.4 Å². The maximum Gasteiger partial charge on any atom is 0.407 e. The number of carbonyl (C=O) groups is 1. The molecule has 18 heavy (non-hydrogen) atoms. The van der Waals surface area contributed by atoms with E-state index >= 15 is 0 Å². The van der Waals surface area contributed by atoms with Crippen molar-refractivity contribution in [3.05, 3.63) is 0 Å². The summed E-state index contributed by atoms with van der Waals surface area (Å²) in [7, 11) is 0. The molecule has 1 amide bonds. The molecule has 1 aliphatic rings. The molecule has 0 aromatic carbocycles. The molecule has 5 nitrogen and oxygen atoms in total. The molecular formula is C13H27N3O2. The number of hydrogen-bond donors (Lipinski definition) is 3. The quantitative estimate of drug-likeness (QED) is 0.709. The fourth-order valence-electron chi connectivity index (χ4n) is 2.00. The third kappa shape index (κ3) is 6.81. The van der Waals surface area contributed by atoms with E-state index in [1.165, 1.54) is 0 Å². The number of alkyl carbamates (subject to hydrolysis) is 1. The van der Waals surface area contributed by atoms with Gasteiger partial charge in [0.1, 0.15) is 5.60 Å². The van der Waals surface area contributed by atoms with Crippen molar-refractivity contribution in [3.63, 3.8) is 0 Å². The molecule has 1 heterocycles. The molecule has 3 N–H and O–H groups in total. The first-order chi connectivity index (χ1) is 8.37. The van der Waals surface area contributed by atoms with Crippen LogP contribution in [0.25, 0.3) is 0 Å². The Balaban J connectivity index is 2.16.